The second-order valence-corrected chi connectivity index (χ2v) is 22.0. The predicted molar refractivity (Wildman–Crippen MR) is 140 cm³/mol. The maximum atomic E-state index is 13.9. The van der Waals surface area contributed by atoms with E-state index in [9.17, 15) is 4.79 Å². The Kier molecular flexibility index (Phi) is 8.30. The highest BCUT2D eigenvalue weighted by Crippen LogP contribution is 2.44. The molecule has 0 radical (unpaired) electrons. The van der Waals surface area contributed by atoms with Crippen LogP contribution in [0.1, 0.15) is 66.9 Å². The van der Waals surface area contributed by atoms with Crippen LogP contribution in [0.2, 0.25) is 36.3 Å². The van der Waals surface area contributed by atoms with Gasteiger partial charge in [0.25, 0.3) is 5.91 Å². The van der Waals surface area contributed by atoms with Gasteiger partial charge in [-0.3, -0.25) is 4.79 Å². The third-order valence-electron chi connectivity index (χ3n) is 7.85. The lowest BCUT2D eigenvalue weighted by molar-refractivity contribution is -0.135. The SMILES string of the molecule is CCC[C@H]1[C@H](O[Si](C)(C)C(C)(C)C)[C@@H](O[Si](C)(C)C(C)(C)C)C(=O)N1Cc1ccccc1. The Morgan fingerprint density at radius 1 is 0.875 bits per heavy atom. The van der Waals surface area contributed by atoms with E-state index in [1.807, 2.05) is 18.2 Å². The number of carbonyl (C=O) groups is 1. The van der Waals surface area contributed by atoms with Crippen LogP contribution in [-0.4, -0.2) is 45.7 Å². The van der Waals surface area contributed by atoms with Crippen molar-refractivity contribution in [3.8, 4) is 0 Å². The zero-order chi connectivity index (χ0) is 24.5. The Morgan fingerprint density at radius 2 is 1.38 bits per heavy atom. The lowest BCUT2D eigenvalue weighted by atomic mass is 10.1. The monoisotopic (exact) mass is 477 g/mol. The van der Waals surface area contributed by atoms with Crippen LogP contribution in [0.25, 0.3) is 0 Å². The van der Waals surface area contributed by atoms with Gasteiger partial charge in [-0.25, -0.2) is 0 Å². The molecule has 182 valence electrons. The summed E-state index contributed by atoms with van der Waals surface area (Å²) in [5.41, 5.74) is 1.15. The van der Waals surface area contributed by atoms with Crippen molar-refractivity contribution in [2.75, 3.05) is 0 Å². The van der Waals surface area contributed by atoms with Crippen molar-refractivity contribution in [2.45, 2.75) is 122 Å². The molecule has 3 atom stereocenters. The quantitative estimate of drug-likeness (QED) is 0.379. The molecule has 0 aliphatic carbocycles. The molecule has 1 aromatic carbocycles. The smallest absolute Gasteiger partial charge is 0.253 e. The average Bonchev–Trinajstić information content (AvgIpc) is 2.86. The molecule has 1 aliphatic rings. The molecule has 0 aromatic heterocycles. The van der Waals surface area contributed by atoms with Gasteiger partial charge in [0.1, 0.15) is 0 Å². The average molecular weight is 478 g/mol. The summed E-state index contributed by atoms with van der Waals surface area (Å²) < 4.78 is 13.8. The van der Waals surface area contributed by atoms with Crippen molar-refractivity contribution in [3.05, 3.63) is 35.9 Å². The fourth-order valence-electron chi connectivity index (χ4n) is 3.71. The molecule has 1 aromatic rings. The van der Waals surface area contributed by atoms with Crippen molar-refractivity contribution in [1.82, 2.24) is 4.90 Å². The summed E-state index contributed by atoms with van der Waals surface area (Å²) in [4.78, 5) is 16.0. The summed E-state index contributed by atoms with van der Waals surface area (Å²) in [7, 11) is -4.26. The molecule has 1 amide bonds. The van der Waals surface area contributed by atoms with Gasteiger partial charge in [-0.05, 0) is 48.2 Å². The molecule has 0 spiro atoms. The molecule has 0 bridgehead atoms. The van der Waals surface area contributed by atoms with Crippen LogP contribution in [0.15, 0.2) is 30.3 Å². The minimum absolute atomic E-state index is 0.0297. The molecule has 6 heteroatoms. The molecule has 2 rings (SSSR count). The summed E-state index contributed by atoms with van der Waals surface area (Å²) >= 11 is 0. The topological polar surface area (TPSA) is 38.8 Å². The minimum atomic E-state index is -2.16. The molecule has 0 unspecified atom stereocenters. The van der Waals surface area contributed by atoms with E-state index >= 15 is 0 Å². The fraction of sp³-hybridized carbons (Fsp3) is 0.731. The molecule has 1 aliphatic heterocycles. The van der Waals surface area contributed by atoms with Gasteiger partial charge in [0, 0.05) is 6.54 Å². The first-order valence-electron chi connectivity index (χ1n) is 12.2. The van der Waals surface area contributed by atoms with Crippen LogP contribution in [-0.2, 0) is 20.2 Å². The van der Waals surface area contributed by atoms with Crippen molar-refractivity contribution in [2.24, 2.45) is 0 Å². The molecule has 1 heterocycles. The van der Waals surface area contributed by atoms with Gasteiger partial charge in [-0.15, -0.1) is 0 Å². The summed E-state index contributed by atoms with van der Waals surface area (Å²) in [5, 5.41) is 0.100. The highest BCUT2D eigenvalue weighted by molar-refractivity contribution is 6.74. The second-order valence-electron chi connectivity index (χ2n) is 12.4. The normalized spacial score (nSPS) is 23.2. The molecular weight excluding hydrogens is 430 g/mol. The zero-order valence-corrected chi connectivity index (χ0v) is 24.4. The van der Waals surface area contributed by atoms with Crippen molar-refractivity contribution >= 4 is 22.5 Å². The van der Waals surface area contributed by atoms with E-state index in [0.717, 1.165) is 18.4 Å². The predicted octanol–water partition coefficient (Wildman–Crippen LogP) is 6.98. The highest BCUT2D eigenvalue weighted by atomic mass is 28.4. The van der Waals surface area contributed by atoms with Gasteiger partial charge in [-0.2, -0.15) is 0 Å². The Hall–Kier alpha value is -0.956. The second kappa shape index (κ2) is 9.73. The van der Waals surface area contributed by atoms with Crippen molar-refractivity contribution in [1.29, 1.82) is 0 Å². The molecule has 1 fully saturated rings. The maximum absolute atomic E-state index is 13.9. The van der Waals surface area contributed by atoms with E-state index in [-0.39, 0.29) is 28.1 Å². The van der Waals surface area contributed by atoms with E-state index in [0.29, 0.717) is 6.54 Å². The van der Waals surface area contributed by atoms with Crippen LogP contribution in [0.3, 0.4) is 0 Å². The lowest BCUT2D eigenvalue weighted by Gasteiger charge is -2.43. The van der Waals surface area contributed by atoms with Crippen LogP contribution in [0, 0.1) is 0 Å². The number of rotatable bonds is 8. The first-order valence-corrected chi connectivity index (χ1v) is 18.0. The van der Waals surface area contributed by atoms with Crippen molar-refractivity contribution in [3.63, 3.8) is 0 Å². The van der Waals surface area contributed by atoms with E-state index in [4.69, 9.17) is 8.85 Å². The largest absolute Gasteiger partial charge is 0.409 e. The summed E-state index contributed by atoms with van der Waals surface area (Å²) in [6, 6.07) is 10.3. The van der Waals surface area contributed by atoms with Gasteiger partial charge in [0.15, 0.2) is 22.7 Å². The molecule has 0 saturated carbocycles. The van der Waals surface area contributed by atoms with Gasteiger partial charge < -0.3 is 13.8 Å². The Balaban J connectivity index is 2.49. The summed E-state index contributed by atoms with van der Waals surface area (Å²) in [6.45, 7) is 25.3. The third-order valence-corrected chi connectivity index (χ3v) is 16.8. The standard InChI is InChI=1S/C26H47NO3Si2/c1-12-16-21-22(29-31(8,9)25(2,3)4)23(30-32(10,11)26(5,6)7)24(28)27(21)19-20-17-14-13-15-18-20/h13-15,17-18,21-23H,12,16,19H2,1-11H3/t21-,22-,23+/m0/s1. The summed E-state index contributed by atoms with van der Waals surface area (Å²) in [5.74, 6) is 0.0980. The van der Waals surface area contributed by atoms with Crippen LogP contribution in [0.4, 0.5) is 0 Å². The molecule has 0 N–H and O–H groups in total. The van der Waals surface area contributed by atoms with Crippen LogP contribution < -0.4 is 0 Å². The Bertz CT molecular complexity index is 766. The van der Waals surface area contributed by atoms with E-state index < -0.39 is 22.7 Å². The molecule has 32 heavy (non-hydrogen) atoms. The number of carbonyl (C=O) groups excluding carboxylic acids is 1. The van der Waals surface area contributed by atoms with Crippen molar-refractivity contribution < 1.29 is 13.6 Å². The Labute approximate surface area is 199 Å². The van der Waals surface area contributed by atoms with Crippen LogP contribution in [0.5, 0.6) is 0 Å². The van der Waals surface area contributed by atoms with Gasteiger partial charge >= 0.3 is 0 Å². The van der Waals surface area contributed by atoms with E-state index in [2.05, 4.69) is 91.7 Å². The Morgan fingerprint density at radius 3 is 1.84 bits per heavy atom. The lowest BCUT2D eigenvalue weighted by Crippen LogP contribution is -2.53. The van der Waals surface area contributed by atoms with Gasteiger partial charge in [0.2, 0.25) is 0 Å². The number of likely N-dealkylation sites (tertiary alicyclic amines) is 1. The van der Waals surface area contributed by atoms with E-state index in [1.54, 1.807) is 0 Å². The third kappa shape index (κ3) is 5.93. The minimum Gasteiger partial charge on any atom is -0.409 e. The first-order chi connectivity index (χ1) is 14.5. The number of amides is 1. The van der Waals surface area contributed by atoms with Crippen LogP contribution >= 0.6 is 0 Å². The fourth-order valence-corrected chi connectivity index (χ4v) is 6.24. The zero-order valence-electron chi connectivity index (χ0n) is 22.4. The number of hydrogen-bond acceptors (Lipinski definition) is 3. The number of benzene rings is 1. The van der Waals surface area contributed by atoms with E-state index in [1.165, 1.54) is 0 Å². The molecule has 1 saturated heterocycles. The van der Waals surface area contributed by atoms with Gasteiger partial charge in [-0.1, -0.05) is 85.2 Å². The summed E-state index contributed by atoms with van der Waals surface area (Å²) in [6.07, 6.45) is 1.19. The van der Waals surface area contributed by atoms with Gasteiger partial charge in [0.05, 0.1) is 12.1 Å². The first kappa shape index (κ1) is 27.3. The maximum Gasteiger partial charge on any atom is 0.253 e. The number of nitrogens with zero attached hydrogens (tertiary/aromatic N) is 1. The highest BCUT2D eigenvalue weighted by Gasteiger charge is 2.55. The molecule has 4 nitrogen and oxygen atoms in total. The molecular formula is C26H47NO3Si2. The number of hydrogen-bond donors (Lipinski definition) is 0.